The summed E-state index contributed by atoms with van der Waals surface area (Å²) in [5, 5.41) is 31.1. The van der Waals surface area contributed by atoms with Crippen molar-refractivity contribution in [1.29, 1.82) is 5.26 Å². The first kappa shape index (κ1) is 27.5. The second-order valence-electron chi connectivity index (χ2n) is 12.5. The molecule has 11 nitrogen and oxygen atoms in total. The minimum Gasteiger partial charge on any atom is -0.390 e. The molecule has 226 valence electrons. The van der Waals surface area contributed by atoms with E-state index in [1.54, 1.807) is 11.3 Å². The Bertz CT molecular complexity index is 1940. The molecule has 0 radical (unpaired) electrons. The Balaban J connectivity index is 1.33. The topological polar surface area (TPSA) is 148 Å². The average Bonchev–Trinajstić information content (AvgIpc) is 3.86. The van der Waals surface area contributed by atoms with Gasteiger partial charge < -0.3 is 24.8 Å². The van der Waals surface area contributed by atoms with Gasteiger partial charge in [0.05, 0.1) is 35.2 Å². The number of aromatic nitrogens is 6. The van der Waals surface area contributed by atoms with Crippen LogP contribution in [0.25, 0.3) is 28.4 Å². The lowest BCUT2D eigenvalue weighted by Gasteiger charge is -2.39. The average molecular weight is 610 g/mol. The Hall–Kier alpha value is -4.05. The van der Waals surface area contributed by atoms with E-state index in [1.165, 1.54) is 4.88 Å². The van der Waals surface area contributed by atoms with Crippen molar-refractivity contribution in [1.82, 2.24) is 34.4 Å². The van der Waals surface area contributed by atoms with Gasteiger partial charge in [-0.05, 0) is 89.6 Å². The molecule has 2 aliphatic carbocycles. The number of rotatable bonds is 5. The number of likely N-dealkylation sites (tertiary alicyclic amines) is 1. The normalized spacial score (nSPS) is 22.4. The van der Waals surface area contributed by atoms with Gasteiger partial charge in [-0.1, -0.05) is 5.16 Å². The third-order valence-corrected chi connectivity index (χ3v) is 11.3. The van der Waals surface area contributed by atoms with E-state index >= 15 is 0 Å². The third kappa shape index (κ3) is 3.85. The van der Waals surface area contributed by atoms with Crippen molar-refractivity contribution >= 4 is 27.4 Å². The molecule has 3 atom stereocenters. The Labute approximate surface area is 258 Å². The zero-order chi connectivity index (χ0) is 30.2. The highest BCUT2D eigenvalue weighted by Crippen LogP contribution is 2.55. The molecule has 0 amide bonds. The molecule has 3 aliphatic rings. The zero-order valence-electron chi connectivity index (χ0n) is 25.0. The van der Waals surface area contributed by atoms with E-state index in [9.17, 15) is 10.4 Å². The van der Waals surface area contributed by atoms with Crippen molar-refractivity contribution in [2.75, 3.05) is 19.3 Å². The summed E-state index contributed by atoms with van der Waals surface area (Å²) >= 11 is 1.54. The summed E-state index contributed by atoms with van der Waals surface area (Å²) in [5.74, 6) is 1.95. The van der Waals surface area contributed by atoms with Gasteiger partial charge in [0, 0.05) is 28.4 Å². The summed E-state index contributed by atoms with van der Waals surface area (Å²) in [6.07, 6.45) is 11.4. The van der Waals surface area contributed by atoms with Gasteiger partial charge in [0.15, 0.2) is 28.7 Å². The van der Waals surface area contributed by atoms with Crippen LogP contribution in [0.2, 0.25) is 0 Å². The molecular formula is C32H35N9O2S. The van der Waals surface area contributed by atoms with Crippen LogP contribution in [0, 0.1) is 11.3 Å². The first-order valence-electron chi connectivity index (χ1n) is 15.5. The summed E-state index contributed by atoms with van der Waals surface area (Å²) in [6.45, 7) is 3.15. The van der Waals surface area contributed by atoms with Gasteiger partial charge in [-0.3, -0.25) is 0 Å². The molecule has 0 aromatic carbocycles. The van der Waals surface area contributed by atoms with E-state index < -0.39 is 5.41 Å². The lowest BCUT2D eigenvalue weighted by Crippen LogP contribution is -2.35. The maximum atomic E-state index is 10.1. The van der Waals surface area contributed by atoms with Gasteiger partial charge in [0.25, 0.3) is 0 Å². The van der Waals surface area contributed by atoms with Gasteiger partial charge >= 0.3 is 0 Å². The summed E-state index contributed by atoms with van der Waals surface area (Å²) in [7, 11) is 2.17. The van der Waals surface area contributed by atoms with Crippen LogP contribution in [0.4, 0.5) is 5.00 Å². The van der Waals surface area contributed by atoms with Crippen LogP contribution < -0.4 is 5.73 Å². The number of thiophene rings is 1. The quantitative estimate of drug-likeness (QED) is 0.284. The van der Waals surface area contributed by atoms with E-state index in [0.717, 1.165) is 91.5 Å². The molecule has 1 spiro atoms. The van der Waals surface area contributed by atoms with Crippen LogP contribution in [0.15, 0.2) is 29.0 Å². The van der Waals surface area contributed by atoms with E-state index in [4.69, 9.17) is 25.3 Å². The van der Waals surface area contributed by atoms with E-state index in [1.807, 2.05) is 33.8 Å². The Kier molecular flexibility index (Phi) is 6.41. The number of fused-ring (bicyclic) bond motifs is 5. The molecule has 5 aromatic rings. The van der Waals surface area contributed by atoms with Crippen LogP contribution in [0.3, 0.4) is 0 Å². The second kappa shape index (κ2) is 10.3. The number of aliphatic hydroxyl groups excluding tert-OH is 1. The maximum absolute atomic E-state index is 10.1. The largest absolute Gasteiger partial charge is 0.390 e. The molecule has 44 heavy (non-hydrogen) atoms. The molecule has 1 saturated heterocycles. The van der Waals surface area contributed by atoms with Crippen LogP contribution >= 0.6 is 11.3 Å². The van der Waals surface area contributed by atoms with Crippen molar-refractivity contribution < 1.29 is 9.63 Å². The number of nitrogens with two attached hydrogens (primary N) is 1. The summed E-state index contributed by atoms with van der Waals surface area (Å²) in [4.78, 5) is 13.8. The van der Waals surface area contributed by atoms with Crippen molar-refractivity contribution in [3.8, 4) is 23.4 Å². The fourth-order valence-electron chi connectivity index (χ4n) is 8.18. The van der Waals surface area contributed by atoms with Crippen molar-refractivity contribution in [3.63, 3.8) is 0 Å². The number of aliphatic hydroxyl groups is 1. The lowest BCUT2D eigenvalue weighted by molar-refractivity contribution is 0.232. The van der Waals surface area contributed by atoms with Gasteiger partial charge in [0.2, 0.25) is 0 Å². The number of nitrogens with zero attached hydrogens (tertiary/aromatic N) is 8. The van der Waals surface area contributed by atoms with E-state index in [0.29, 0.717) is 33.9 Å². The van der Waals surface area contributed by atoms with Crippen LogP contribution in [0.5, 0.6) is 0 Å². The number of aryl methyl sites for hydroxylation is 1. The fraction of sp³-hybridized carbons (Fsp3) is 0.469. The lowest BCUT2D eigenvalue weighted by atomic mass is 9.63. The molecule has 0 unspecified atom stereocenters. The smallest absolute Gasteiger partial charge is 0.186 e. The van der Waals surface area contributed by atoms with Crippen LogP contribution in [-0.2, 0) is 24.9 Å². The number of nitriles is 1. The SMILES string of the molecule is C[C@@H]([C@@H]1CCCN1C)n1ncc2c(-n3cccc3CO)nc(-c3noc4c3CCC[C@@]43CCCc4sc(N)c(C#N)c43)nc21. The Morgan fingerprint density at radius 2 is 2.09 bits per heavy atom. The van der Waals surface area contributed by atoms with Crippen molar-refractivity contribution in [2.45, 2.75) is 82.4 Å². The molecule has 5 aromatic heterocycles. The van der Waals surface area contributed by atoms with E-state index in [2.05, 4.69) is 30.1 Å². The minimum absolute atomic E-state index is 0.0983. The molecule has 0 saturated carbocycles. The predicted octanol–water partition coefficient (Wildman–Crippen LogP) is 4.89. The molecule has 8 rings (SSSR count). The molecule has 1 fully saturated rings. The Morgan fingerprint density at radius 3 is 2.86 bits per heavy atom. The highest BCUT2D eigenvalue weighted by atomic mass is 32.1. The van der Waals surface area contributed by atoms with Crippen LogP contribution in [0.1, 0.15) is 84.5 Å². The van der Waals surface area contributed by atoms with E-state index in [-0.39, 0.29) is 12.6 Å². The summed E-state index contributed by atoms with van der Waals surface area (Å²) in [6, 6.07) is 6.64. The standard InChI is InChI=1S/C32H35N9O2S/c1-18(23-9-6-13-39(23)2)41-31-22(16-35-41)30(40-14-5-7-19(40)17-42)36-29(37-31)26-20-8-3-11-32(27(20)43-38-26)12-4-10-24-25(32)21(15-33)28(34)44-24/h5,7,14,16,18,23,42H,3-4,6,8-13,17,34H2,1-2H3/t18-,23-,32-/m0/s1. The monoisotopic (exact) mass is 609 g/mol. The first-order chi connectivity index (χ1) is 21.4. The van der Waals surface area contributed by atoms with Gasteiger partial charge in [-0.2, -0.15) is 10.4 Å². The Morgan fingerprint density at radius 1 is 1.25 bits per heavy atom. The molecule has 6 heterocycles. The third-order valence-electron chi connectivity index (χ3n) is 10.2. The van der Waals surface area contributed by atoms with Gasteiger partial charge in [-0.25, -0.2) is 14.6 Å². The van der Waals surface area contributed by atoms with Crippen molar-refractivity contribution in [3.05, 3.63) is 57.5 Å². The van der Waals surface area contributed by atoms with Gasteiger partial charge in [-0.15, -0.1) is 11.3 Å². The predicted molar refractivity (Wildman–Crippen MR) is 167 cm³/mol. The van der Waals surface area contributed by atoms with Gasteiger partial charge in [0.1, 0.15) is 11.1 Å². The number of nitrogen functional groups attached to an aromatic ring is 1. The molecule has 3 N–H and O–H groups in total. The highest BCUT2D eigenvalue weighted by molar-refractivity contribution is 7.16. The number of anilines is 1. The summed E-state index contributed by atoms with van der Waals surface area (Å²) in [5.41, 5.74) is 10.7. The first-order valence-corrected chi connectivity index (χ1v) is 16.3. The minimum atomic E-state index is -0.424. The van der Waals surface area contributed by atoms with Crippen LogP contribution in [-0.4, -0.2) is 59.1 Å². The molecule has 1 aliphatic heterocycles. The number of hydrogen-bond acceptors (Lipinski definition) is 10. The molecular weight excluding hydrogens is 574 g/mol. The molecule has 12 heteroatoms. The number of likely N-dealkylation sites (N-methyl/N-ethyl adjacent to an activating group) is 1. The second-order valence-corrected chi connectivity index (χ2v) is 13.7. The zero-order valence-corrected chi connectivity index (χ0v) is 25.8. The highest BCUT2D eigenvalue weighted by Gasteiger charge is 2.49. The maximum Gasteiger partial charge on any atom is 0.186 e. The fourth-order valence-corrected chi connectivity index (χ4v) is 9.34. The molecule has 0 bridgehead atoms. The van der Waals surface area contributed by atoms with Crippen molar-refractivity contribution in [2.24, 2.45) is 0 Å². The number of hydrogen-bond donors (Lipinski definition) is 2. The summed E-state index contributed by atoms with van der Waals surface area (Å²) < 4.78 is 10.2.